The van der Waals surface area contributed by atoms with Gasteiger partial charge in [0.2, 0.25) is 5.91 Å². The molecular formula is C21H20N2OS. The first kappa shape index (κ1) is 17.2. The normalized spacial score (nSPS) is 11.7. The molecule has 0 saturated carbocycles. The molecule has 0 radical (unpaired) electrons. The molecule has 0 aliphatic carbocycles. The van der Waals surface area contributed by atoms with E-state index < -0.39 is 0 Å². The van der Waals surface area contributed by atoms with Crippen LogP contribution < -0.4 is 5.32 Å². The smallest absolute Gasteiger partial charge is 0.228 e. The number of benzene rings is 2. The van der Waals surface area contributed by atoms with E-state index in [1.54, 1.807) is 6.20 Å². The molecule has 0 spiro atoms. The van der Waals surface area contributed by atoms with Gasteiger partial charge in [-0.25, -0.2) is 0 Å². The van der Waals surface area contributed by atoms with E-state index in [0.29, 0.717) is 12.2 Å². The fraction of sp³-hybridized carbons (Fsp3) is 0.143. The predicted molar refractivity (Wildman–Crippen MR) is 106 cm³/mol. The Bertz CT molecular complexity index is 804. The molecule has 3 aromatic rings. The Morgan fingerprint density at radius 3 is 2.36 bits per heavy atom. The molecule has 0 bridgehead atoms. The second-order valence-electron chi connectivity index (χ2n) is 5.88. The summed E-state index contributed by atoms with van der Waals surface area (Å²) in [6.45, 7) is 0. The van der Waals surface area contributed by atoms with Gasteiger partial charge in [-0.3, -0.25) is 9.78 Å². The summed E-state index contributed by atoms with van der Waals surface area (Å²) >= 11 is 4.35. The van der Waals surface area contributed by atoms with E-state index in [4.69, 9.17) is 0 Å². The summed E-state index contributed by atoms with van der Waals surface area (Å²) in [7, 11) is 0. The van der Waals surface area contributed by atoms with Crippen LogP contribution in [0, 0.1) is 5.92 Å². The van der Waals surface area contributed by atoms with Crippen LogP contribution in [-0.4, -0.2) is 16.6 Å². The SMILES string of the molecule is O=C(Nc1ccc(-c2cccnc2)cc1)C(CS)Cc1ccccc1. The standard InChI is InChI=1S/C21H20N2OS/c24-21(19(15-25)13-16-5-2-1-3-6-16)23-20-10-8-17(9-11-20)18-7-4-12-22-14-18/h1-12,14,19,25H,13,15H2,(H,23,24). The molecule has 0 aliphatic heterocycles. The van der Waals surface area contributed by atoms with Crippen molar-refractivity contribution < 1.29 is 4.79 Å². The molecule has 126 valence electrons. The van der Waals surface area contributed by atoms with E-state index in [2.05, 4.69) is 22.9 Å². The van der Waals surface area contributed by atoms with Gasteiger partial charge in [-0.1, -0.05) is 48.5 Å². The maximum atomic E-state index is 12.5. The molecule has 1 N–H and O–H groups in total. The number of nitrogens with zero attached hydrogens (tertiary/aromatic N) is 1. The zero-order valence-electron chi connectivity index (χ0n) is 13.8. The molecule has 4 heteroatoms. The molecule has 1 heterocycles. The van der Waals surface area contributed by atoms with Crippen LogP contribution in [0.1, 0.15) is 5.56 Å². The molecule has 3 rings (SSSR count). The van der Waals surface area contributed by atoms with E-state index in [0.717, 1.165) is 22.4 Å². The molecule has 0 aliphatic rings. The zero-order chi connectivity index (χ0) is 17.5. The predicted octanol–water partition coefficient (Wildman–Crippen LogP) is 4.48. The minimum atomic E-state index is -0.163. The Hall–Kier alpha value is -2.59. The number of aromatic nitrogens is 1. The summed E-state index contributed by atoms with van der Waals surface area (Å²) in [5.74, 6) is 0.339. The molecule has 0 saturated heterocycles. The van der Waals surface area contributed by atoms with Crippen molar-refractivity contribution in [3.05, 3.63) is 84.7 Å². The fourth-order valence-corrected chi connectivity index (χ4v) is 2.96. The van der Waals surface area contributed by atoms with Crippen molar-refractivity contribution in [2.75, 3.05) is 11.1 Å². The Morgan fingerprint density at radius 1 is 0.960 bits per heavy atom. The van der Waals surface area contributed by atoms with Crippen LogP contribution in [0.15, 0.2) is 79.1 Å². The Morgan fingerprint density at radius 2 is 1.72 bits per heavy atom. The lowest BCUT2D eigenvalue weighted by molar-refractivity contribution is -0.119. The summed E-state index contributed by atoms with van der Waals surface area (Å²) < 4.78 is 0. The van der Waals surface area contributed by atoms with Gasteiger partial charge in [-0.15, -0.1) is 0 Å². The minimum Gasteiger partial charge on any atom is -0.326 e. The third-order valence-corrected chi connectivity index (χ3v) is 4.50. The van der Waals surface area contributed by atoms with Gasteiger partial charge in [0.1, 0.15) is 0 Å². The minimum absolute atomic E-state index is 0.00650. The zero-order valence-corrected chi connectivity index (χ0v) is 14.7. The van der Waals surface area contributed by atoms with Crippen molar-refractivity contribution in [3.8, 4) is 11.1 Å². The fourth-order valence-electron chi connectivity index (χ4n) is 2.66. The average Bonchev–Trinajstić information content (AvgIpc) is 2.68. The van der Waals surface area contributed by atoms with Crippen molar-refractivity contribution in [1.29, 1.82) is 0 Å². The van der Waals surface area contributed by atoms with Crippen LogP contribution in [0.25, 0.3) is 11.1 Å². The van der Waals surface area contributed by atoms with Crippen molar-refractivity contribution in [2.24, 2.45) is 5.92 Å². The van der Waals surface area contributed by atoms with Gasteiger partial charge in [0.25, 0.3) is 0 Å². The number of amides is 1. The van der Waals surface area contributed by atoms with Gasteiger partial charge in [-0.05, 0) is 41.3 Å². The van der Waals surface area contributed by atoms with Crippen LogP contribution in [-0.2, 0) is 11.2 Å². The van der Waals surface area contributed by atoms with Gasteiger partial charge >= 0.3 is 0 Å². The summed E-state index contributed by atoms with van der Waals surface area (Å²) in [5, 5.41) is 2.99. The number of carbonyl (C=O) groups is 1. The van der Waals surface area contributed by atoms with E-state index in [-0.39, 0.29) is 11.8 Å². The van der Waals surface area contributed by atoms with Crippen LogP contribution in [0.5, 0.6) is 0 Å². The van der Waals surface area contributed by atoms with Gasteiger partial charge in [0.15, 0.2) is 0 Å². The number of nitrogens with one attached hydrogen (secondary N) is 1. The highest BCUT2D eigenvalue weighted by Gasteiger charge is 2.17. The molecule has 1 unspecified atom stereocenters. The Kier molecular flexibility index (Phi) is 5.86. The highest BCUT2D eigenvalue weighted by atomic mass is 32.1. The van der Waals surface area contributed by atoms with Gasteiger partial charge in [0, 0.05) is 23.8 Å². The first-order valence-electron chi connectivity index (χ1n) is 8.22. The molecule has 3 nitrogen and oxygen atoms in total. The highest BCUT2D eigenvalue weighted by Crippen LogP contribution is 2.21. The number of pyridine rings is 1. The molecule has 1 amide bonds. The van der Waals surface area contributed by atoms with Crippen LogP contribution in [0.3, 0.4) is 0 Å². The summed E-state index contributed by atoms with van der Waals surface area (Å²) in [6, 6.07) is 21.7. The summed E-state index contributed by atoms with van der Waals surface area (Å²) in [6.07, 6.45) is 4.26. The van der Waals surface area contributed by atoms with E-state index in [9.17, 15) is 4.79 Å². The first-order chi connectivity index (χ1) is 12.3. The number of thiol groups is 1. The van der Waals surface area contributed by atoms with Crippen molar-refractivity contribution in [2.45, 2.75) is 6.42 Å². The topological polar surface area (TPSA) is 42.0 Å². The lowest BCUT2D eigenvalue weighted by Gasteiger charge is -2.15. The monoisotopic (exact) mass is 348 g/mol. The maximum Gasteiger partial charge on any atom is 0.228 e. The van der Waals surface area contributed by atoms with Crippen LogP contribution >= 0.6 is 12.6 Å². The van der Waals surface area contributed by atoms with E-state index >= 15 is 0 Å². The van der Waals surface area contributed by atoms with Gasteiger partial charge in [-0.2, -0.15) is 12.6 Å². The van der Waals surface area contributed by atoms with Crippen LogP contribution in [0.4, 0.5) is 5.69 Å². The number of rotatable bonds is 6. The maximum absolute atomic E-state index is 12.5. The van der Waals surface area contributed by atoms with Crippen molar-refractivity contribution in [1.82, 2.24) is 4.98 Å². The second-order valence-corrected chi connectivity index (χ2v) is 6.24. The molecule has 1 atom stereocenters. The summed E-state index contributed by atoms with van der Waals surface area (Å²) in [4.78, 5) is 16.7. The van der Waals surface area contributed by atoms with Gasteiger partial charge < -0.3 is 5.32 Å². The molecular weight excluding hydrogens is 328 g/mol. The number of hydrogen-bond acceptors (Lipinski definition) is 3. The van der Waals surface area contributed by atoms with Crippen molar-refractivity contribution >= 4 is 24.2 Å². The summed E-state index contributed by atoms with van der Waals surface area (Å²) in [5.41, 5.74) is 4.06. The third kappa shape index (κ3) is 4.70. The van der Waals surface area contributed by atoms with Crippen LogP contribution in [0.2, 0.25) is 0 Å². The molecule has 0 fully saturated rings. The van der Waals surface area contributed by atoms with Gasteiger partial charge in [0.05, 0.1) is 5.92 Å². The first-order valence-corrected chi connectivity index (χ1v) is 8.85. The number of carbonyl (C=O) groups excluding carboxylic acids is 1. The largest absolute Gasteiger partial charge is 0.326 e. The second kappa shape index (κ2) is 8.49. The number of hydrogen-bond donors (Lipinski definition) is 2. The lowest BCUT2D eigenvalue weighted by Crippen LogP contribution is -2.26. The Balaban J connectivity index is 1.65. The third-order valence-electron chi connectivity index (χ3n) is 4.06. The Labute approximate surface area is 153 Å². The quantitative estimate of drug-likeness (QED) is 0.645. The highest BCUT2D eigenvalue weighted by molar-refractivity contribution is 7.80. The van der Waals surface area contributed by atoms with E-state index in [1.807, 2.05) is 72.9 Å². The van der Waals surface area contributed by atoms with Crippen molar-refractivity contribution in [3.63, 3.8) is 0 Å². The lowest BCUT2D eigenvalue weighted by atomic mass is 10.00. The number of anilines is 1. The molecule has 2 aromatic carbocycles. The average molecular weight is 348 g/mol. The van der Waals surface area contributed by atoms with E-state index in [1.165, 1.54) is 0 Å². The molecule has 25 heavy (non-hydrogen) atoms. The molecule has 1 aromatic heterocycles.